The van der Waals surface area contributed by atoms with Gasteiger partial charge in [-0.25, -0.2) is 0 Å². The van der Waals surface area contributed by atoms with E-state index in [1.807, 2.05) is 0 Å². The van der Waals surface area contributed by atoms with Crippen LogP contribution in [0.1, 0.15) is 64.4 Å². The van der Waals surface area contributed by atoms with Gasteiger partial charge in [0.15, 0.2) is 17.8 Å². The van der Waals surface area contributed by atoms with Crippen LogP contribution in [-0.2, 0) is 0 Å². The number of benzene rings is 1. The van der Waals surface area contributed by atoms with Gasteiger partial charge in [0.1, 0.15) is 0 Å². The minimum absolute atomic E-state index is 0.0416. The fraction of sp³-hybridized carbons (Fsp3) is 0.774. The maximum absolute atomic E-state index is 6.43. The molecule has 0 spiro atoms. The zero-order chi connectivity index (χ0) is 27.2. The Morgan fingerprint density at radius 2 is 1.69 bits per heavy atom. The molecule has 1 aromatic carbocycles. The van der Waals surface area contributed by atoms with Gasteiger partial charge >= 0.3 is 0 Å². The minimum atomic E-state index is 0.0416. The van der Waals surface area contributed by atoms with Gasteiger partial charge in [-0.1, -0.05) is 6.42 Å². The van der Waals surface area contributed by atoms with Crippen LogP contribution in [0, 0.1) is 0 Å². The highest BCUT2D eigenvalue weighted by Gasteiger charge is 2.37. The third kappa shape index (κ3) is 7.07. The Hall–Kier alpha value is -1.87. The largest absolute Gasteiger partial charge is 0.493 e. The molecule has 4 aliphatic rings. The maximum Gasteiger partial charge on any atom is 0.179 e. The average Bonchev–Trinajstić information content (AvgIpc) is 3.19. The third-order valence-electron chi connectivity index (χ3n) is 9.22. The Morgan fingerprint density at radius 3 is 2.44 bits per heavy atom. The van der Waals surface area contributed by atoms with Crippen molar-refractivity contribution in [2.75, 3.05) is 84.6 Å². The maximum atomic E-state index is 6.43. The molecular weight excluding hydrogens is 488 g/mol. The van der Waals surface area contributed by atoms with E-state index in [-0.39, 0.29) is 6.29 Å². The van der Waals surface area contributed by atoms with Crippen LogP contribution < -0.4 is 14.4 Å². The molecule has 4 aliphatic heterocycles. The van der Waals surface area contributed by atoms with Gasteiger partial charge in [-0.3, -0.25) is 9.89 Å². The van der Waals surface area contributed by atoms with Crippen molar-refractivity contribution < 1.29 is 9.47 Å². The van der Waals surface area contributed by atoms with Gasteiger partial charge < -0.3 is 29.1 Å². The molecular formula is C31H52N6O2. The fourth-order valence-corrected chi connectivity index (χ4v) is 6.79. The van der Waals surface area contributed by atoms with Gasteiger partial charge in [-0.2, -0.15) is 0 Å². The van der Waals surface area contributed by atoms with Crippen molar-refractivity contribution in [2.24, 2.45) is 4.99 Å². The normalized spacial score (nSPS) is 24.6. The summed E-state index contributed by atoms with van der Waals surface area (Å²) in [4.78, 5) is 18.1. The summed E-state index contributed by atoms with van der Waals surface area (Å²) in [5, 5.41) is 0. The van der Waals surface area contributed by atoms with E-state index in [4.69, 9.17) is 14.5 Å². The van der Waals surface area contributed by atoms with Crippen molar-refractivity contribution in [1.29, 1.82) is 0 Å². The lowest BCUT2D eigenvalue weighted by atomic mass is 9.98. The predicted molar refractivity (Wildman–Crippen MR) is 161 cm³/mol. The van der Waals surface area contributed by atoms with Crippen LogP contribution in [0.4, 0.5) is 5.69 Å². The second-order valence-corrected chi connectivity index (χ2v) is 12.3. The van der Waals surface area contributed by atoms with Crippen molar-refractivity contribution >= 4 is 11.9 Å². The summed E-state index contributed by atoms with van der Waals surface area (Å²) >= 11 is 0. The monoisotopic (exact) mass is 540 g/mol. The Kier molecular flexibility index (Phi) is 10.0. The number of anilines is 1. The van der Waals surface area contributed by atoms with Crippen molar-refractivity contribution in [3.05, 3.63) is 17.7 Å². The smallest absolute Gasteiger partial charge is 0.179 e. The Bertz CT molecular complexity index is 941. The van der Waals surface area contributed by atoms with Crippen LogP contribution in [-0.4, -0.2) is 124 Å². The zero-order valence-corrected chi connectivity index (χ0v) is 25.0. The number of likely N-dealkylation sites (N-methyl/N-ethyl adjacent to an activating group) is 1. The second-order valence-electron chi connectivity index (χ2n) is 12.3. The van der Waals surface area contributed by atoms with Crippen molar-refractivity contribution in [3.63, 3.8) is 0 Å². The number of piperidine rings is 2. The zero-order valence-electron chi connectivity index (χ0n) is 25.0. The summed E-state index contributed by atoms with van der Waals surface area (Å²) < 4.78 is 12.2. The first-order valence-corrected chi connectivity index (χ1v) is 15.6. The fourth-order valence-electron chi connectivity index (χ4n) is 6.79. The molecule has 8 nitrogen and oxygen atoms in total. The molecule has 0 saturated carbocycles. The van der Waals surface area contributed by atoms with Crippen LogP contribution in [0.3, 0.4) is 0 Å². The van der Waals surface area contributed by atoms with E-state index < -0.39 is 0 Å². The van der Waals surface area contributed by atoms with Crippen LogP contribution in [0.5, 0.6) is 11.5 Å². The molecule has 8 heteroatoms. The molecule has 4 heterocycles. The summed E-state index contributed by atoms with van der Waals surface area (Å²) in [5.74, 6) is 1.67. The first kappa shape index (κ1) is 28.7. The van der Waals surface area contributed by atoms with Crippen LogP contribution >= 0.6 is 0 Å². The van der Waals surface area contributed by atoms with Crippen molar-refractivity contribution in [2.45, 2.75) is 77.2 Å². The lowest BCUT2D eigenvalue weighted by Gasteiger charge is -2.48. The quantitative estimate of drug-likeness (QED) is 0.439. The molecule has 0 bridgehead atoms. The predicted octanol–water partition coefficient (Wildman–Crippen LogP) is 3.98. The van der Waals surface area contributed by atoms with E-state index in [1.165, 1.54) is 44.5 Å². The van der Waals surface area contributed by atoms with Gasteiger partial charge in [0.05, 0.1) is 19.4 Å². The highest BCUT2D eigenvalue weighted by Crippen LogP contribution is 2.40. The van der Waals surface area contributed by atoms with Gasteiger partial charge in [0.25, 0.3) is 0 Å². The lowest BCUT2D eigenvalue weighted by molar-refractivity contribution is 0.142. The van der Waals surface area contributed by atoms with E-state index in [1.54, 1.807) is 7.11 Å². The van der Waals surface area contributed by atoms with Crippen LogP contribution in [0.15, 0.2) is 17.1 Å². The summed E-state index contributed by atoms with van der Waals surface area (Å²) in [6.07, 6.45) is 10.7. The van der Waals surface area contributed by atoms with E-state index in [9.17, 15) is 0 Å². The highest BCUT2D eigenvalue weighted by molar-refractivity contribution is 5.92. The number of aliphatic imine (C=N–C) groups is 1. The van der Waals surface area contributed by atoms with Crippen LogP contribution in [0.2, 0.25) is 0 Å². The average molecular weight is 541 g/mol. The number of likely N-dealkylation sites (tertiary alicyclic amines) is 2. The van der Waals surface area contributed by atoms with Gasteiger partial charge in [0.2, 0.25) is 0 Å². The van der Waals surface area contributed by atoms with Gasteiger partial charge in [0, 0.05) is 69.2 Å². The first-order chi connectivity index (χ1) is 19.0. The summed E-state index contributed by atoms with van der Waals surface area (Å²) in [7, 11) is 3.99. The van der Waals surface area contributed by atoms with E-state index in [2.05, 4.69) is 63.7 Å². The topological polar surface area (TPSA) is 47.0 Å². The molecule has 3 fully saturated rings. The lowest BCUT2D eigenvalue weighted by Crippen LogP contribution is -2.57. The molecule has 0 amide bonds. The molecule has 0 aromatic heterocycles. The molecule has 1 aromatic rings. The number of methoxy groups -OCH3 is 1. The summed E-state index contributed by atoms with van der Waals surface area (Å²) in [6.45, 7) is 15.6. The molecule has 5 rings (SSSR count). The Morgan fingerprint density at radius 1 is 0.897 bits per heavy atom. The molecule has 0 radical (unpaired) electrons. The minimum Gasteiger partial charge on any atom is -0.493 e. The standard InChI is InChI=1S/C31H52N6O2/c1-25(2)35-17-10-27(11-18-35)37-28-23-30(39-21-9-15-34-13-6-5-7-14-34)29(38-4)22-26(28)24-32-31(37)36-16-8-12-33(3)19-20-36/h22-25,27,31H,5-21H2,1-4H3. The summed E-state index contributed by atoms with van der Waals surface area (Å²) in [5.41, 5.74) is 2.39. The van der Waals surface area contributed by atoms with Crippen molar-refractivity contribution in [3.8, 4) is 11.5 Å². The van der Waals surface area contributed by atoms with E-state index in [0.717, 1.165) is 82.1 Å². The number of nitrogens with zero attached hydrogens (tertiary/aromatic N) is 6. The van der Waals surface area contributed by atoms with E-state index >= 15 is 0 Å². The highest BCUT2D eigenvalue weighted by atomic mass is 16.5. The molecule has 1 unspecified atom stereocenters. The number of hydrogen-bond donors (Lipinski definition) is 0. The number of hydrogen-bond acceptors (Lipinski definition) is 8. The summed E-state index contributed by atoms with van der Waals surface area (Å²) in [6, 6.07) is 5.46. The number of ether oxygens (including phenoxy) is 2. The molecule has 3 saturated heterocycles. The Balaban J connectivity index is 1.36. The van der Waals surface area contributed by atoms with Gasteiger partial charge in [-0.05, 0) is 85.1 Å². The van der Waals surface area contributed by atoms with Gasteiger partial charge in [-0.15, -0.1) is 0 Å². The third-order valence-corrected chi connectivity index (χ3v) is 9.22. The molecule has 218 valence electrons. The SMILES string of the molecule is COc1cc2c(cc1OCCCN1CCCCC1)N(C1CCN(C(C)C)CC1)C(N1CCCN(C)CC1)N=C2. The molecule has 1 atom stereocenters. The molecule has 0 aliphatic carbocycles. The molecule has 0 N–H and O–H groups in total. The Labute approximate surface area is 236 Å². The number of rotatable bonds is 9. The van der Waals surface area contributed by atoms with E-state index in [0.29, 0.717) is 18.7 Å². The number of fused-ring (bicyclic) bond motifs is 1. The van der Waals surface area contributed by atoms with Crippen LogP contribution in [0.25, 0.3) is 0 Å². The van der Waals surface area contributed by atoms with Crippen molar-refractivity contribution in [1.82, 2.24) is 19.6 Å². The second kappa shape index (κ2) is 13.7. The molecule has 39 heavy (non-hydrogen) atoms. The first-order valence-electron chi connectivity index (χ1n) is 15.6.